The number of benzene rings is 1. The zero-order valence-corrected chi connectivity index (χ0v) is 9.80. The topological polar surface area (TPSA) is 66.4 Å². The minimum Gasteiger partial charge on any atom is -0.506 e. The summed E-state index contributed by atoms with van der Waals surface area (Å²) < 4.78 is 24.3. The molecule has 15 heavy (non-hydrogen) atoms. The van der Waals surface area contributed by atoms with Gasteiger partial charge in [0, 0.05) is 0 Å². The Balaban J connectivity index is 3.11. The zero-order valence-electron chi connectivity index (χ0n) is 8.98. The van der Waals surface area contributed by atoms with Gasteiger partial charge < -0.3 is 5.11 Å². The fraction of sp³-hybridized carbons (Fsp3) is 0.400. The van der Waals surface area contributed by atoms with E-state index in [1.54, 1.807) is 12.1 Å². The Morgan fingerprint density at radius 3 is 2.40 bits per heavy atom. The van der Waals surface area contributed by atoms with E-state index in [4.69, 9.17) is 0 Å². The summed E-state index contributed by atoms with van der Waals surface area (Å²) in [5, 5.41) is 9.45. The van der Waals surface area contributed by atoms with Crippen molar-refractivity contribution < 1.29 is 13.5 Å². The lowest BCUT2D eigenvalue weighted by Gasteiger charge is -2.10. The highest BCUT2D eigenvalue weighted by Gasteiger charge is 2.09. The minimum absolute atomic E-state index is 0.0650. The first-order valence-electron chi connectivity index (χ1n) is 4.60. The lowest BCUT2D eigenvalue weighted by Crippen LogP contribution is -2.10. The molecule has 0 unspecified atom stereocenters. The molecule has 0 heterocycles. The molecule has 1 rings (SSSR count). The number of hydrogen-bond acceptors (Lipinski definition) is 3. The van der Waals surface area contributed by atoms with Gasteiger partial charge in [-0.1, -0.05) is 19.9 Å². The molecule has 0 spiro atoms. The van der Waals surface area contributed by atoms with Crippen LogP contribution in [0, 0.1) is 0 Å². The second-order valence-corrected chi connectivity index (χ2v) is 5.55. The molecule has 0 bridgehead atoms. The maximum absolute atomic E-state index is 11.0. The second-order valence-electron chi connectivity index (χ2n) is 3.81. The average molecular weight is 229 g/mol. The van der Waals surface area contributed by atoms with E-state index in [2.05, 4.69) is 4.72 Å². The average Bonchev–Trinajstić information content (AvgIpc) is 2.06. The number of sulfonamides is 1. The number of nitrogens with one attached hydrogen (secondary N) is 1. The molecule has 84 valence electrons. The summed E-state index contributed by atoms with van der Waals surface area (Å²) in [6.45, 7) is 3.99. The summed E-state index contributed by atoms with van der Waals surface area (Å²) in [6.07, 6.45) is 1.05. The first-order valence-corrected chi connectivity index (χ1v) is 6.49. The lowest BCUT2D eigenvalue weighted by molar-refractivity contribution is 0.477. The predicted molar refractivity (Wildman–Crippen MR) is 60.7 cm³/mol. The third-order valence-electron chi connectivity index (χ3n) is 1.98. The predicted octanol–water partition coefficient (Wildman–Crippen LogP) is 1.89. The molecule has 0 radical (unpaired) electrons. The molecule has 2 N–H and O–H groups in total. The van der Waals surface area contributed by atoms with Crippen LogP contribution < -0.4 is 4.72 Å². The normalized spacial score (nSPS) is 11.7. The molecule has 0 aliphatic rings. The smallest absolute Gasteiger partial charge is 0.229 e. The van der Waals surface area contributed by atoms with Crippen molar-refractivity contribution in [2.24, 2.45) is 0 Å². The molecular formula is C10H15NO3S. The number of aromatic hydroxyl groups is 1. The van der Waals surface area contributed by atoms with E-state index in [0.29, 0.717) is 0 Å². The summed E-state index contributed by atoms with van der Waals surface area (Å²) in [6, 6.07) is 4.90. The van der Waals surface area contributed by atoms with Crippen molar-refractivity contribution >= 4 is 15.7 Å². The van der Waals surface area contributed by atoms with Crippen molar-refractivity contribution in [2.45, 2.75) is 19.8 Å². The van der Waals surface area contributed by atoms with Crippen LogP contribution in [0.1, 0.15) is 25.3 Å². The Morgan fingerprint density at radius 1 is 1.33 bits per heavy atom. The first-order chi connectivity index (χ1) is 6.79. The van der Waals surface area contributed by atoms with E-state index in [1.165, 1.54) is 6.07 Å². The molecule has 0 aliphatic carbocycles. The van der Waals surface area contributed by atoms with E-state index in [-0.39, 0.29) is 17.4 Å². The Hall–Kier alpha value is -1.23. The number of rotatable bonds is 3. The van der Waals surface area contributed by atoms with Gasteiger partial charge in [-0.15, -0.1) is 0 Å². The van der Waals surface area contributed by atoms with Gasteiger partial charge in [0.05, 0.1) is 11.9 Å². The summed E-state index contributed by atoms with van der Waals surface area (Å²) in [5.74, 6) is 0.218. The van der Waals surface area contributed by atoms with Crippen LogP contribution in [0.4, 0.5) is 5.69 Å². The van der Waals surface area contributed by atoms with Gasteiger partial charge in [-0.3, -0.25) is 4.72 Å². The third-order valence-corrected chi connectivity index (χ3v) is 2.57. The Bertz CT molecular complexity index is 452. The van der Waals surface area contributed by atoms with E-state index < -0.39 is 10.0 Å². The van der Waals surface area contributed by atoms with Crippen LogP contribution in [0.3, 0.4) is 0 Å². The molecule has 0 saturated heterocycles. The summed E-state index contributed by atoms with van der Waals surface area (Å²) in [5.41, 5.74) is 1.20. The molecule has 0 aliphatic heterocycles. The van der Waals surface area contributed by atoms with Gasteiger partial charge >= 0.3 is 0 Å². The van der Waals surface area contributed by atoms with Crippen LogP contribution in [0.15, 0.2) is 18.2 Å². The van der Waals surface area contributed by atoms with Gasteiger partial charge in [0.1, 0.15) is 5.75 Å². The molecule has 0 amide bonds. The molecule has 0 fully saturated rings. The number of anilines is 1. The Kier molecular flexibility index (Phi) is 3.24. The van der Waals surface area contributed by atoms with Crippen molar-refractivity contribution in [3.63, 3.8) is 0 Å². The largest absolute Gasteiger partial charge is 0.506 e. The van der Waals surface area contributed by atoms with Crippen molar-refractivity contribution in [3.05, 3.63) is 23.8 Å². The molecule has 0 saturated carbocycles. The Morgan fingerprint density at radius 2 is 1.93 bits per heavy atom. The van der Waals surface area contributed by atoms with Crippen molar-refractivity contribution in [2.75, 3.05) is 11.0 Å². The van der Waals surface area contributed by atoms with E-state index >= 15 is 0 Å². The van der Waals surface area contributed by atoms with Gasteiger partial charge in [0.25, 0.3) is 0 Å². The molecular weight excluding hydrogens is 214 g/mol. The van der Waals surface area contributed by atoms with Crippen LogP contribution in [0.5, 0.6) is 5.75 Å². The van der Waals surface area contributed by atoms with Crippen molar-refractivity contribution in [3.8, 4) is 5.75 Å². The summed E-state index contributed by atoms with van der Waals surface area (Å²) >= 11 is 0. The van der Waals surface area contributed by atoms with Gasteiger partial charge in [0.2, 0.25) is 10.0 Å². The minimum atomic E-state index is -3.35. The van der Waals surface area contributed by atoms with Crippen LogP contribution in [0.25, 0.3) is 0 Å². The van der Waals surface area contributed by atoms with E-state index in [0.717, 1.165) is 11.8 Å². The van der Waals surface area contributed by atoms with Gasteiger partial charge in [-0.2, -0.15) is 0 Å². The Labute approximate surface area is 90.0 Å². The van der Waals surface area contributed by atoms with Gasteiger partial charge in [-0.25, -0.2) is 8.42 Å². The highest BCUT2D eigenvalue weighted by atomic mass is 32.2. The van der Waals surface area contributed by atoms with Crippen LogP contribution in [-0.4, -0.2) is 19.8 Å². The number of hydrogen-bond donors (Lipinski definition) is 2. The molecule has 0 aromatic heterocycles. The first kappa shape index (κ1) is 11.8. The number of phenolic OH excluding ortho intramolecular Hbond substituents is 1. The van der Waals surface area contributed by atoms with Crippen molar-refractivity contribution in [1.29, 1.82) is 0 Å². The van der Waals surface area contributed by atoms with E-state index in [1.807, 2.05) is 13.8 Å². The van der Waals surface area contributed by atoms with Crippen molar-refractivity contribution in [1.82, 2.24) is 0 Å². The SMILES string of the molecule is CC(C)c1ccc(O)c(NS(C)(=O)=O)c1. The summed E-state index contributed by atoms with van der Waals surface area (Å²) in [4.78, 5) is 0. The molecule has 1 aromatic rings. The maximum Gasteiger partial charge on any atom is 0.229 e. The zero-order chi connectivity index (χ0) is 11.6. The third kappa shape index (κ3) is 3.43. The fourth-order valence-corrected chi connectivity index (χ4v) is 1.76. The van der Waals surface area contributed by atoms with Crippen LogP contribution in [0.2, 0.25) is 0 Å². The van der Waals surface area contributed by atoms with Crippen LogP contribution >= 0.6 is 0 Å². The highest BCUT2D eigenvalue weighted by Crippen LogP contribution is 2.28. The molecule has 4 nitrogen and oxygen atoms in total. The lowest BCUT2D eigenvalue weighted by atomic mass is 10.0. The van der Waals surface area contributed by atoms with Gasteiger partial charge in [0.15, 0.2) is 0 Å². The highest BCUT2D eigenvalue weighted by molar-refractivity contribution is 7.92. The summed E-state index contributed by atoms with van der Waals surface area (Å²) in [7, 11) is -3.35. The molecule has 1 aromatic carbocycles. The number of phenols is 1. The quantitative estimate of drug-likeness (QED) is 0.778. The second kappa shape index (κ2) is 4.10. The van der Waals surface area contributed by atoms with E-state index in [9.17, 15) is 13.5 Å². The molecule has 0 atom stereocenters. The molecule has 5 heteroatoms. The monoisotopic (exact) mass is 229 g/mol. The fourth-order valence-electron chi connectivity index (χ4n) is 1.19. The van der Waals surface area contributed by atoms with Gasteiger partial charge in [-0.05, 0) is 23.6 Å². The maximum atomic E-state index is 11.0. The van der Waals surface area contributed by atoms with Crippen LogP contribution in [-0.2, 0) is 10.0 Å². The standard InChI is InChI=1S/C10H15NO3S/c1-7(2)8-4-5-10(12)9(6-8)11-15(3,13)14/h4-7,11-12H,1-3H3.